The standard InChI is InChI=1S/C10H16N4O/c15-10(7-11-3-8-1-2-8)12-4-9-5-13-14-6-9/h5-6,8,11H,1-4,7H2,(H,12,15)(H,13,14). The van der Waals surface area contributed by atoms with Crippen molar-refractivity contribution in [2.45, 2.75) is 19.4 Å². The van der Waals surface area contributed by atoms with E-state index in [4.69, 9.17) is 0 Å². The lowest BCUT2D eigenvalue weighted by atomic mass is 10.3. The van der Waals surface area contributed by atoms with E-state index in [0.29, 0.717) is 13.1 Å². The van der Waals surface area contributed by atoms with E-state index in [9.17, 15) is 4.79 Å². The normalized spacial score (nSPS) is 15.2. The maximum absolute atomic E-state index is 11.3. The second-order valence-electron chi connectivity index (χ2n) is 3.96. The van der Waals surface area contributed by atoms with Gasteiger partial charge in [-0.2, -0.15) is 5.10 Å². The van der Waals surface area contributed by atoms with Gasteiger partial charge in [-0.25, -0.2) is 0 Å². The minimum absolute atomic E-state index is 0.0388. The van der Waals surface area contributed by atoms with E-state index < -0.39 is 0 Å². The largest absolute Gasteiger partial charge is 0.351 e. The van der Waals surface area contributed by atoms with E-state index in [1.807, 2.05) is 0 Å². The van der Waals surface area contributed by atoms with Gasteiger partial charge in [0.25, 0.3) is 0 Å². The molecule has 0 aromatic carbocycles. The predicted octanol–water partition coefficient (Wildman–Crippen LogP) is 0.0255. The van der Waals surface area contributed by atoms with Crippen molar-refractivity contribution in [1.29, 1.82) is 0 Å². The molecule has 1 aromatic rings. The lowest BCUT2D eigenvalue weighted by Crippen LogP contribution is -2.34. The van der Waals surface area contributed by atoms with Crippen LogP contribution in [0.3, 0.4) is 0 Å². The monoisotopic (exact) mass is 208 g/mol. The van der Waals surface area contributed by atoms with Crippen LogP contribution in [0.1, 0.15) is 18.4 Å². The summed E-state index contributed by atoms with van der Waals surface area (Å²) in [6, 6.07) is 0. The van der Waals surface area contributed by atoms with Crippen molar-refractivity contribution in [2.24, 2.45) is 5.92 Å². The van der Waals surface area contributed by atoms with Crippen LogP contribution in [0, 0.1) is 5.92 Å². The first-order valence-corrected chi connectivity index (χ1v) is 5.29. The zero-order chi connectivity index (χ0) is 10.5. The third-order valence-electron chi connectivity index (χ3n) is 2.46. The topological polar surface area (TPSA) is 69.8 Å². The molecule has 0 saturated heterocycles. The summed E-state index contributed by atoms with van der Waals surface area (Å²) < 4.78 is 0. The van der Waals surface area contributed by atoms with Gasteiger partial charge in [-0.15, -0.1) is 0 Å². The fourth-order valence-electron chi connectivity index (χ4n) is 1.35. The van der Waals surface area contributed by atoms with Gasteiger partial charge in [0.1, 0.15) is 0 Å². The van der Waals surface area contributed by atoms with Gasteiger partial charge in [-0.05, 0) is 25.3 Å². The Morgan fingerprint density at radius 2 is 2.47 bits per heavy atom. The lowest BCUT2D eigenvalue weighted by molar-refractivity contribution is -0.120. The summed E-state index contributed by atoms with van der Waals surface area (Å²) in [5.41, 5.74) is 0.991. The Balaban J connectivity index is 1.55. The summed E-state index contributed by atoms with van der Waals surface area (Å²) in [6.07, 6.45) is 6.10. The number of carbonyl (C=O) groups is 1. The average Bonchev–Trinajstić information content (AvgIpc) is 2.91. The molecule has 0 unspecified atom stereocenters. The Kier molecular flexibility index (Phi) is 3.34. The molecule has 0 spiro atoms. The van der Waals surface area contributed by atoms with Crippen LogP contribution in [-0.2, 0) is 11.3 Å². The quantitative estimate of drug-likeness (QED) is 0.617. The highest BCUT2D eigenvalue weighted by Crippen LogP contribution is 2.27. The summed E-state index contributed by atoms with van der Waals surface area (Å²) in [7, 11) is 0. The number of hydrogen-bond donors (Lipinski definition) is 3. The second-order valence-corrected chi connectivity index (χ2v) is 3.96. The molecular weight excluding hydrogens is 192 g/mol. The van der Waals surface area contributed by atoms with Crippen LogP contribution in [-0.4, -0.2) is 29.2 Å². The third kappa shape index (κ3) is 3.71. The van der Waals surface area contributed by atoms with Gasteiger partial charge in [-0.1, -0.05) is 0 Å². The van der Waals surface area contributed by atoms with Crippen LogP contribution in [0.25, 0.3) is 0 Å². The van der Waals surface area contributed by atoms with Crippen molar-refractivity contribution < 1.29 is 4.79 Å². The van der Waals surface area contributed by atoms with Crippen molar-refractivity contribution in [3.05, 3.63) is 18.0 Å². The zero-order valence-corrected chi connectivity index (χ0v) is 8.62. The Morgan fingerprint density at radius 3 is 3.13 bits per heavy atom. The van der Waals surface area contributed by atoms with Gasteiger partial charge in [0, 0.05) is 18.3 Å². The molecule has 1 fully saturated rings. The van der Waals surface area contributed by atoms with Gasteiger partial charge < -0.3 is 10.6 Å². The fourth-order valence-corrected chi connectivity index (χ4v) is 1.35. The van der Waals surface area contributed by atoms with Crippen LogP contribution >= 0.6 is 0 Å². The lowest BCUT2D eigenvalue weighted by Gasteiger charge is -2.04. The van der Waals surface area contributed by atoms with Gasteiger partial charge in [0.2, 0.25) is 5.91 Å². The maximum Gasteiger partial charge on any atom is 0.234 e. The molecule has 0 bridgehead atoms. The van der Waals surface area contributed by atoms with Crippen LogP contribution in [0.2, 0.25) is 0 Å². The number of nitrogens with zero attached hydrogens (tertiary/aromatic N) is 1. The number of aromatic nitrogens is 2. The highest BCUT2D eigenvalue weighted by atomic mass is 16.1. The summed E-state index contributed by atoms with van der Waals surface area (Å²) in [5.74, 6) is 0.850. The molecule has 5 nitrogen and oxygen atoms in total. The smallest absolute Gasteiger partial charge is 0.234 e. The molecule has 0 aliphatic heterocycles. The molecule has 1 amide bonds. The van der Waals surface area contributed by atoms with E-state index in [-0.39, 0.29) is 5.91 Å². The Labute approximate surface area is 88.6 Å². The van der Waals surface area contributed by atoms with Gasteiger partial charge >= 0.3 is 0 Å². The van der Waals surface area contributed by atoms with E-state index in [1.54, 1.807) is 12.4 Å². The average molecular weight is 208 g/mol. The number of hydrogen-bond acceptors (Lipinski definition) is 3. The first kappa shape index (κ1) is 10.2. The van der Waals surface area contributed by atoms with Gasteiger partial charge in [0.15, 0.2) is 0 Å². The van der Waals surface area contributed by atoms with E-state index >= 15 is 0 Å². The number of aromatic amines is 1. The summed E-state index contributed by atoms with van der Waals surface area (Å²) in [4.78, 5) is 11.3. The van der Waals surface area contributed by atoms with E-state index in [2.05, 4.69) is 20.8 Å². The molecule has 1 aliphatic carbocycles. The van der Waals surface area contributed by atoms with Crippen molar-refractivity contribution >= 4 is 5.91 Å². The maximum atomic E-state index is 11.3. The second kappa shape index (κ2) is 4.93. The number of H-pyrrole nitrogens is 1. The molecule has 1 aromatic heterocycles. The van der Waals surface area contributed by atoms with E-state index in [1.165, 1.54) is 12.8 Å². The Hall–Kier alpha value is -1.36. The molecule has 15 heavy (non-hydrogen) atoms. The molecule has 0 atom stereocenters. The van der Waals surface area contributed by atoms with Crippen LogP contribution in [0.15, 0.2) is 12.4 Å². The number of amides is 1. The first-order chi connectivity index (χ1) is 7.34. The fraction of sp³-hybridized carbons (Fsp3) is 0.600. The van der Waals surface area contributed by atoms with Crippen LogP contribution in [0.5, 0.6) is 0 Å². The van der Waals surface area contributed by atoms with Crippen molar-refractivity contribution in [1.82, 2.24) is 20.8 Å². The molecule has 82 valence electrons. The molecule has 1 heterocycles. The Bertz CT molecular complexity index is 305. The molecule has 2 rings (SSSR count). The first-order valence-electron chi connectivity index (χ1n) is 5.29. The molecule has 1 saturated carbocycles. The van der Waals surface area contributed by atoms with Crippen LogP contribution in [0.4, 0.5) is 0 Å². The minimum atomic E-state index is 0.0388. The molecule has 3 N–H and O–H groups in total. The van der Waals surface area contributed by atoms with Gasteiger partial charge in [-0.3, -0.25) is 9.89 Å². The molecule has 1 aliphatic rings. The van der Waals surface area contributed by atoms with Crippen molar-refractivity contribution in [3.63, 3.8) is 0 Å². The molecular formula is C10H16N4O. The van der Waals surface area contributed by atoms with Crippen molar-refractivity contribution in [3.8, 4) is 0 Å². The third-order valence-corrected chi connectivity index (χ3v) is 2.46. The number of nitrogens with one attached hydrogen (secondary N) is 3. The summed E-state index contributed by atoms with van der Waals surface area (Å²) in [6.45, 7) is 1.92. The summed E-state index contributed by atoms with van der Waals surface area (Å²) >= 11 is 0. The Morgan fingerprint density at radius 1 is 1.60 bits per heavy atom. The predicted molar refractivity (Wildman–Crippen MR) is 56.0 cm³/mol. The van der Waals surface area contributed by atoms with E-state index in [0.717, 1.165) is 18.0 Å². The van der Waals surface area contributed by atoms with Crippen LogP contribution < -0.4 is 10.6 Å². The highest BCUT2D eigenvalue weighted by Gasteiger charge is 2.20. The highest BCUT2D eigenvalue weighted by molar-refractivity contribution is 5.77. The summed E-state index contributed by atoms with van der Waals surface area (Å²) in [5, 5.41) is 12.5. The minimum Gasteiger partial charge on any atom is -0.351 e. The number of rotatable bonds is 6. The molecule has 0 radical (unpaired) electrons. The SMILES string of the molecule is O=C(CNCC1CC1)NCc1cn[nH]c1. The molecule has 5 heteroatoms. The number of carbonyl (C=O) groups excluding carboxylic acids is 1. The van der Waals surface area contributed by atoms with Crippen molar-refractivity contribution in [2.75, 3.05) is 13.1 Å². The zero-order valence-electron chi connectivity index (χ0n) is 8.62. The van der Waals surface area contributed by atoms with Gasteiger partial charge in [0.05, 0.1) is 12.7 Å².